The molecule has 124 valence electrons. The fraction of sp³-hybridized carbons (Fsp3) is 0.467. The largest absolute Gasteiger partial charge is 0.480 e. The molecule has 8 heteroatoms. The molecule has 0 fully saturated rings. The lowest BCUT2D eigenvalue weighted by Gasteiger charge is -2.16. The third kappa shape index (κ3) is 3.42. The summed E-state index contributed by atoms with van der Waals surface area (Å²) in [5.41, 5.74) is 0.0931. The Morgan fingerprint density at radius 3 is 2.61 bits per heavy atom. The number of fused-ring (bicyclic) bond motifs is 1. The van der Waals surface area contributed by atoms with Gasteiger partial charge in [-0.2, -0.15) is 0 Å². The van der Waals surface area contributed by atoms with Crippen LogP contribution < -0.4 is 10.9 Å². The average molecular weight is 337 g/mol. The van der Waals surface area contributed by atoms with E-state index in [4.69, 9.17) is 0 Å². The maximum absolute atomic E-state index is 12.5. The van der Waals surface area contributed by atoms with Crippen molar-refractivity contribution in [3.05, 3.63) is 32.7 Å². The van der Waals surface area contributed by atoms with E-state index in [0.717, 1.165) is 10.6 Å². The zero-order chi connectivity index (χ0) is 17.3. The molecule has 0 saturated carbocycles. The Labute approximate surface area is 137 Å². The van der Waals surface area contributed by atoms with Crippen LogP contribution in [0.3, 0.4) is 0 Å². The molecule has 2 N–H and O–H groups in total. The zero-order valence-electron chi connectivity index (χ0n) is 13.4. The van der Waals surface area contributed by atoms with Gasteiger partial charge >= 0.3 is 5.97 Å². The Morgan fingerprint density at radius 1 is 1.39 bits per heavy atom. The molecule has 0 aliphatic rings. The Morgan fingerprint density at radius 2 is 2.04 bits per heavy atom. The highest BCUT2D eigenvalue weighted by atomic mass is 32.1. The smallest absolute Gasteiger partial charge is 0.326 e. The van der Waals surface area contributed by atoms with Gasteiger partial charge in [0.25, 0.3) is 11.5 Å². The topological polar surface area (TPSA) is 101 Å². The normalized spacial score (nSPS) is 12.6. The minimum atomic E-state index is -1.12. The molecule has 2 aromatic rings. The number of carboxylic acid groups (broad SMARTS) is 1. The van der Waals surface area contributed by atoms with Crippen molar-refractivity contribution in [3.63, 3.8) is 0 Å². The van der Waals surface area contributed by atoms with Crippen LogP contribution >= 0.6 is 11.3 Å². The standard InChI is InChI=1S/C15H19N3O4S/c1-7(2)5-11(14(21)22)17-12(19)10-6-16-15-18(13(10)20)8(3)9(4)23-15/h6-7,11H,5H2,1-4H3,(H,17,19)(H,21,22)/t11-/m0/s1. The summed E-state index contributed by atoms with van der Waals surface area (Å²) in [6.45, 7) is 7.38. The first kappa shape index (κ1) is 17.1. The van der Waals surface area contributed by atoms with Gasteiger partial charge in [-0.05, 0) is 26.2 Å². The van der Waals surface area contributed by atoms with Crippen LogP contribution in [0.15, 0.2) is 11.0 Å². The maximum Gasteiger partial charge on any atom is 0.326 e. The molecule has 2 rings (SSSR count). The Kier molecular flexibility index (Phi) is 4.84. The van der Waals surface area contributed by atoms with Gasteiger partial charge in [0.1, 0.15) is 11.6 Å². The number of carboxylic acids is 1. The fourth-order valence-corrected chi connectivity index (χ4v) is 3.19. The molecule has 7 nitrogen and oxygen atoms in total. The Hall–Kier alpha value is -2.22. The van der Waals surface area contributed by atoms with E-state index >= 15 is 0 Å². The van der Waals surface area contributed by atoms with E-state index in [2.05, 4.69) is 10.3 Å². The Balaban J connectivity index is 2.38. The second kappa shape index (κ2) is 6.49. The summed E-state index contributed by atoms with van der Waals surface area (Å²) in [6, 6.07) is -1.03. The van der Waals surface area contributed by atoms with Gasteiger partial charge in [0.05, 0.1) is 0 Å². The number of aliphatic carboxylic acids is 1. The van der Waals surface area contributed by atoms with Crippen molar-refractivity contribution in [2.75, 3.05) is 0 Å². The molecule has 0 radical (unpaired) electrons. The number of nitrogens with zero attached hydrogens (tertiary/aromatic N) is 2. The molecular weight excluding hydrogens is 318 g/mol. The fourth-order valence-electron chi connectivity index (χ4n) is 2.26. The molecule has 2 heterocycles. The number of aryl methyl sites for hydroxylation is 2. The van der Waals surface area contributed by atoms with E-state index in [9.17, 15) is 19.5 Å². The molecule has 23 heavy (non-hydrogen) atoms. The van der Waals surface area contributed by atoms with E-state index in [-0.39, 0.29) is 17.9 Å². The zero-order valence-corrected chi connectivity index (χ0v) is 14.2. The first-order valence-electron chi connectivity index (χ1n) is 7.23. The molecule has 0 aromatic carbocycles. The third-order valence-electron chi connectivity index (χ3n) is 3.57. The van der Waals surface area contributed by atoms with Crippen LogP contribution in [0.25, 0.3) is 4.96 Å². The summed E-state index contributed by atoms with van der Waals surface area (Å²) >= 11 is 1.37. The van der Waals surface area contributed by atoms with E-state index < -0.39 is 23.5 Å². The predicted octanol–water partition coefficient (Wildman–Crippen LogP) is 1.60. The van der Waals surface area contributed by atoms with E-state index in [1.807, 2.05) is 20.8 Å². The lowest BCUT2D eigenvalue weighted by Crippen LogP contribution is -2.43. The van der Waals surface area contributed by atoms with Gasteiger partial charge in [-0.15, -0.1) is 11.3 Å². The molecule has 0 unspecified atom stereocenters. The lowest BCUT2D eigenvalue weighted by molar-refractivity contribution is -0.139. The average Bonchev–Trinajstić information content (AvgIpc) is 2.73. The van der Waals surface area contributed by atoms with Gasteiger partial charge in [0, 0.05) is 16.8 Å². The van der Waals surface area contributed by atoms with Crippen molar-refractivity contribution < 1.29 is 14.7 Å². The summed E-state index contributed by atoms with van der Waals surface area (Å²) in [4.78, 5) is 41.6. The molecule has 0 aliphatic carbocycles. The summed E-state index contributed by atoms with van der Waals surface area (Å²) < 4.78 is 1.38. The Bertz CT molecular complexity index is 822. The molecule has 2 aromatic heterocycles. The quantitative estimate of drug-likeness (QED) is 0.863. The summed E-state index contributed by atoms with van der Waals surface area (Å²) in [5.74, 6) is -1.74. The van der Waals surface area contributed by atoms with Crippen LogP contribution in [0.4, 0.5) is 0 Å². The summed E-state index contributed by atoms with van der Waals surface area (Å²) in [6.07, 6.45) is 1.49. The number of amides is 1. The maximum atomic E-state index is 12.5. The first-order chi connectivity index (χ1) is 10.7. The number of hydrogen-bond donors (Lipinski definition) is 2. The number of rotatable bonds is 5. The van der Waals surface area contributed by atoms with Crippen molar-refractivity contribution in [3.8, 4) is 0 Å². The van der Waals surface area contributed by atoms with Gasteiger partial charge in [-0.3, -0.25) is 14.0 Å². The van der Waals surface area contributed by atoms with Crippen LogP contribution in [-0.4, -0.2) is 32.4 Å². The van der Waals surface area contributed by atoms with E-state index in [1.54, 1.807) is 6.92 Å². The third-order valence-corrected chi connectivity index (χ3v) is 4.65. The van der Waals surface area contributed by atoms with Crippen LogP contribution in [0.2, 0.25) is 0 Å². The van der Waals surface area contributed by atoms with Crippen LogP contribution in [0, 0.1) is 19.8 Å². The summed E-state index contributed by atoms with van der Waals surface area (Å²) in [7, 11) is 0. The monoisotopic (exact) mass is 337 g/mol. The highest BCUT2D eigenvalue weighted by Gasteiger charge is 2.24. The van der Waals surface area contributed by atoms with E-state index in [1.165, 1.54) is 21.9 Å². The molecule has 1 amide bonds. The first-order valence-corrected chi connectivity index (χ1v) is 8.05. The predicted molar refractivity (Wildman–Crippen MR) is 87.2 cm³/mol. The van der Waals surface area contributed by atoms with Crippen molar-refractivity contribution >= 4 is 28.2 Å². The van der Waals surface area contributed by atoms with Crippen LogP contribution in [0.5, 0.6) is 0 Å². The number of nitrogens with one attached hydrogen (secondary N) is 1. The number of aromatic nitrogens is 2. The summed E-state index contributed by atoms with van der Waals surface area (Å²) in [5, 5.41) is 11.6. The molecule has 0 spiro atoms. The van der Waals surface area contributed by atoms with Crippen molar-refractivity contribution in [1.29, 1.82) is 0 Å². The SMILES string of the molecule is Cc1sc2ncc(C(=O)N[C@@H](CC(C)C)C(=O)O)c(=O)n2c1C. The minimum absolute atomic E-state index is 0.0971. The number of thiazole rings is 1. The second-order valence-corrected chi connectivity index (χ2v) is 7.01. The van der Waals surface area contributed by atoms with Crippen LogP contribution in [-0.2, 0) is 4.79 Å². The highest BCUT2D eigenvalue weighted by molar-refractivity contribution is 7.17. The molecule has 0 aliphatic heterocycles. The number of hydrogen-bond acceptors (Lipinski definition) is 5. The van der Waals surface area contributed by atoms with Gasteiger partial charge in [-0.25, -0.2) is 9.78 Å². The van der Waals surface area contributed by atoms with E-state index in [0.29, 0.717) is 4.96 Å². The van der Waals surface area contributed by atoms with Gasteiger partial charge in [0.2, 0.25) is 0 Å². The highest BCUT2D eigenvalue weighted by Crippen LogP contribution is 2.18. The van der Waals surface area contributed by atoms with Gasteiger partial charge in [-0.1, -0.05) is 13.8 Å². The van der Waals surface area contributed by atoms with Crippen LogP contribution in [0.1, 0.15) is 41.2 Å². The molecular formula is C15H19N3O4S. The van der Waals surface area contributed by atoms with Crippen molar-refractivity contribution in [2.45, 2.75) is 40.2 Å². The molecule has 1 atom stereocenters. The van der Waals surface area contributed by atoms with Gasteiger partial charge in [0.15, 0.2) is 4.96 Å². The molecule has 0 saturated heterocycles. The number of carbonyl (C=O) groups excluding carboxylic acids is 1. The molecule has 0 bridgehead atoms. The van der Waals surface area contributed by atoms with Crippen molar-refractivity contribution in [1.82, 2.24) is 14.7 Å². The number of carbonyl (C=O) groups is 2. The van der Waals surface area contributed by atoms with Crippen molar-refractivity contribution in [2.24, 2.45) is 5.92 Å². The second-order valence-electron chi connectivity index (χ2n) is 5.83. The lowest BCUT2D eigenvalue weighted by atomic mass is 10.0. The minimum Gasteiger partial charge on any atom is -0.480 e. The van der Waals surface area contributed by atoms with Gasteiger partial charge < -0.3 is 10.4 Å².